The molecule has 1 aromatic rings. The van der Waals surface area contributed by atoms with E-state index >= 15 is 0 Å². The number of nitro groups is 1. The van der Waals surface area contributed by atoms with Crippen LogP contribution in [0.25, 0.3) is 0 Å². The van der Waals surface area contributed by atoms with E-state index in [4.69, 9.17) is 10.4 Å². The number of hydrogen-bond acceptors (Lipinski definition) is 5. The van der Waals surface area contributed by atoms with Crippen LogP contribution in [0.4, 0.5) is 11.4 Å². The highest BCUT2D eigenvalue weighted by molar-refractivity contribution is 5.61. The van der Waals surface area contributed by atoms with Gasteiger partial charge in [0.1, 0.15) is 6.07 Å². The second-order valence-electron chi connectivity index (χ2n) is 4.19. The minimum atomic E-state index is -0.537. The summed E-state index contributed by atoms with van der Waals surface area (Å²) in [7, 11) is 0. The summed E-state index contributed by atoms with van der Waals surface area (Å²) in [6.45, 7) is 3.78. The molecule has 2 atom stereocenters. The Balaban J connectivity index is 2.97. The lowest BCUT2D eigenvalue weighted by Crippen LogP contribution is -2.26. The summed E-state index contributed by atoms with van der Waals surface area (Å²) in [6.07, 6.45) is 0. The number of nitrogens with zero attached hydrogens (tertiary/aromatic N) is 2. The first kappa shape index (κ1) is 13.9. The molecule has 0 saturated carbocycles. The van der Waals surface area contributed by atoms with E-state index in [0.29, 0.717) is 5.69 Å². The summed E-state index contributed by atoms with van der Waals surface area (Å²) in [4.78, 5) is 10.1. The third-order valence-corrected chi connectivity index (χ3v) is 2.86. The van der Waals surface area contributed by atoms with Crippen LogP contribution in [0.5, 0.6) is 0 Å². The van der Waals surface area contributed by atoms with Gasteiger partial charge in [-0.15, -0.1) is 0 Å². The number of aliphatic hydroxyl groups is 1. The maximum atomic E-state index is 10.6. The summed E-state index contributed by atoms with van der Waals surface area (Å²) in [5.74, 6) is 0.0201. The Bertz CT molecular complexity index is 482. The normalized spacial score (nSPS) is 13.4. The van der Waals surface area contributed by atoms with Gasteiger partial charge in [-0.2, -0.15) is 5.26 Å². The zero-order chi connectivity index (χ0) is 13.7. The molecule has 18 heavy (non-hydrogen) atoms. The monoisotopic (exact) mass is 249 g/mol. The third kappa shape index (κ3) is 3.18. The average Bonchev–Trinajstić information content (AvgIpc) is 2.37. The first-order valence-corrected chi connectivity index (χ1v) is 5.55. The van der Waals surface area contributed by atoms with Gasteiger partial charge in [0.05, 0.1) is 16.2 Å². The molecule has 0 heterocycles. The van der Waals surface area contributed by atoms with Crippen LogP contribution in [0.1, 0.15) is 19.4 Å². The highest BCUT2D eigenvalue weighted by atomic mass is 16.6. The molecule has 1 aromatic carbocycles. The summed E-state index contributed by atoms with van der Waals surface area (Å²) in [5.41, 5.74) is 0.650. The van der Waals surface area contributed by atoms with Crippen molar-refractivity contribution in [3.63, 3.8) is 0 Å². The average molecular weight is 249 g/mol. The maximum absolute atomic E-state index is 10.6. The van der Waals surface area contributed by atoms with Gasteiger partial charge in [-0.1, -0.05) is 6.92 Å². The molecule has 96 valence electrons. The summed E-state index contributed by atoms with van der Waals surface area (Å²) >= 11 is 0. The fourth-order valence-electron chi connectivity index (χ4n) is 1.41. The number of anilines is 1. The molecule has 0 saturated heterocycles. The Hall–Kier alpha value is -2.13. The van der Waals surface area contributed by atoms with Crippen LogP contribution < -0.4 is 5.32 Å². The van der Waals surface area contributed by atoms with Crippen molar-refractivity contribution >= 4 is 11.4 Å². The largest absolute Gasteiger partial charge is 0.396 e. The predicted molar refractivity (Wildman–Crippen MR) is 67.1 cm³/mol. The molecule has 6 heteroatoms. The molecule has 0 fully saturated rings. The summed E-state index contributed by atoms with van der Waals surface area (Å²) in [6, 6.07) is 5.98. The van der Waals surface area contributed by atoms with Crippen LogP contribution in [-0.2, 0) is 0 Å². The van der Waals surface area contributed by atoms with Gasteiger partial charge in [0.15, 0.2) is 0 Å². The Morgan fingerprint density at radius 3 is 2.72 bits per heavy atom. The van der Waals surface area contributed by atoms with Gasteiger partial charge in [0.2, 0.25) is 0 Å². The van der Waals surface area contributed by atoms with Crippen LogP contribution in [0.15, 0.2) is 18.2 Å². The van der Waals surface area contributed by atoms with Crippen LogP contribution in [0.3, 0.4) is 0 Å². The fourth-order valence-corrected chi connectivity index (χ4v) is 1.41. The molecule has 2 N–H and O–H groups in total. The van der Waals surface area contributed by atoms with Crippen molar-refractivity contribution in [2.45, 2.75) is 19.9 Å². The summed E-state index contributed by atoms with van der Waals surface area (Å²) < 4.78 is 0. The minimum Gasteiger partial charge on any atom is -0.396 e. The number of nitro benzene ring substituents is 1. The van der Waals surface area contributed by atoms with Crippen molar-refractivity contribution in [1.29, 1.82) is 5.26 Å². The fraction of sp³-hybridized carbons (Fsp3) is 0.417. The molecular weight excluding hydrogens is 234 g/mol. The molecule has 2 unspecified atom stereocenters. The quantitative estimate of drug-likeness (QED) is 0.613. The van der Waals surface area contributed by atoms with E-state index < -0.39 is 4.92 Å². The van der Waals surface area contributed by atoms with E-state index in [-0.39, 0.29) is 29.8 Å². The van der Waals surface area contributed by atoms with E-state index in [1.54, 1.807) is 0 Å². The Labute approximate surface area is 105 Å². The van der Waals surface area contributed by atoms with Gasteiger partial charge >= 0.3 is 0 Å². The smallest absolute Gasteiger partial charge is 0.270 e. The van der Waals surface area contributed by atoms with Gasteiger partial charge in [-0.3, -0.25) is 10.1 Å². The molecule has 0 bridgehead atoms. The molecule has 6 nitrogen and oxygen atoms in total. The van der Waals surface area contributed by atoms with Crippen LogP contribution in [0, 0.1) is 27.4 Å². The predicted octanol–water partition coefficient (Wildman–Crippen LogP) is 1.90. The zero-order valence-corrected chi connectivity index (χ0v) is 10.3. The number of non-ortho nitro benzene ring substituents is 1. The van der Waals surface area contributed by atoms with E-state index in [9.17, 15) is 10.1 Å². The zero-order valence-electron chi connectivity index (χ0n) is 10.3. The Kier molecular flexibility index (Phi) is 4.63. The number of nitrogens with one attached hydrogen (secondary N) is 1. The van der Waals surface area contributed by atoms with Crippen molar-refractivity contribution in [3.8, 4) is 6.07 Å². The molecule has 0 radical (unpaired) electrons. The highest BCUT2D eigenvalue weighted by Crippen LogP contribution is 2.23. The second kappa shape index (κ2) is 5.98. The van der Waals surface area contributed by atoms with Crippen molar-refractivity contribution < 1.29 is 10.0 Å². The van der Waals surface area contributed by atoms with Crippen LogP contribution in [0.2, 0.25) is 0 Å². The van der Waals surface area contributed by atoms with E-state index in [1.807, 2.05) is 19.9 Å². The Morgan fingerprint density at radius 2 is 2.22 bits per heavy atom. The molecule has 0 aliphatic carbocycles. The number of hydrogen-bond donors (Lipinski definition) is 2. The van der Waals surface area contributed by atoms with Gasteiger partial charge < -0.3 is 10.4 Å². The maximum Gasteiger partial charge on any atom is 0.270 e. The molecule has 0 amide bonds. The van der Waals surface area contributed by atoms with Crippen molar-refractivity contribution in [2.24, 2.45) is 5.92 Å². The molecule has 1 rings (SSSR count). The van der Waals surface area contributed by atoms with Crippen LogP contribution in [-0.4, -0.2) is 22.7 Å². The topological polar surface area (TPSA) is 99.2 Å². The lowest BCUT2D eigenvalue weighted by Gasteiger charge is -2.21. The van der Waals surface area contributed by atoms with Crippen LogP contribution >= 0.6 is 0 Å². The first-order chi connectivity index (χ1) is 8.49. The van der Waals surface area contributed by atoms with Gasteiger partial charge in [-0.25, -0.2) is 0 Å². The Morgan fingerprint density at radius 1 is 1.56 bits per heavy atom. The third-order valence-electron chi connectivity index (χ3n) is 2.86. The van der Waals surface area contributed by atoms with Gasteiger partial charge in [-0.05, 0) is 18.9 Å². The minimum absolute atomic E-state index is 0.0201. The highest BCUT2D eigenvalue weighted by Gasteiger charge is 2.15. The van der Waals surface area contributed by atoms with E-state index in [1.165, 1.54) is 18.2 Å². The number of rotatable bonds is 5. The van der Waals surface area contributed by atoms with E-state index in [0.717, 1.165) is 0 Å². The molecular formula is C12H15N3O3. The summed E-state index contributed by atoms with van der Waals surface area (Å²) in [5, 5.41) is 31.7. The van der Waals surface area contributed by atoms with Gasteiger partial charge in [0, 0.05) is 24.8 Å². The molecule has 0 aliphatic heterocycles. The number of benzene rings is 1. The lowest BCUT2D eigenvalue weighted by atomic mass is 10.0. The first-order valence-electron chi connectivity index (χ1n) is 5.55. The lowest BCUT2D eigenvalue weighted by molar-refractivity contribution is -0.384. The van der Waals surface area contributed by atoms with Crippen molar-refractivity contribution in [1.82, 2.24) is 0 Å². The van der Waals surface area contributed by atoms with Crippen molar-refractivity contribution in [2.75, 3.05) is 11.9 Å². The number of aliphatic hydroxyl groups excluding tert-OH is 1. The van der Waals surface area contributed by atoms with E-state index in [2.05, 4.69) is 5.32 Å². The second-order valence-corrected chi connectivity index (χ2v) is 4.19. The molecule has 0 aliphatic rings. The SMILES string of the molecule is CC(CO)C(C)Nc1ccc([N+](=O)[O-])cc1C#N. The van der Waals surface area contributed by atoms with Gasteiger partial charge in [0.25, 0.3) is 5.69 Å². The molecule has 0 spiro atoms. The standard InChI is InChI=1S/C12H15N3O3/c1-8(7-16)9(2)14-12-4-3-11(15(17)18)5-10(12)6-13/h3-5,8-9,14,16H,7H2,1-2H3. The number of nitriles is 1. The van der Waals surface area contributed by atoms with Crippen molar-refractivity contribution in [3.05, 3.63) is 33.9 Å². The molecule has 0 aromatic heterocycles.